The Bertz CT molecular complexity index is 742. The Kier molecular flexibility index (Phi) is 6.15. The van der Waals surface area contributed by atoms with Gasteiger partial charge in [0.05, 0.1) is 11.1 Å². The van der Waals surface area contributed by atoms with Crippen LogP contribution in [0, 0.1) is 5.92 Å². The average molecular weight is 334 g/mol. The van der Waals surface area contributed by atoms with Crippen LogP contribution in [0.15, 0.2) is 28.3 Å². The third-order valence-electron chi connectivity index (χ3n) is 3.15. The molecule has 0 bridgehead atoms. The van der Waals surface area contributed by atoms with Crippen LogP contribution in [-0.2, 0) is 11.3 Å². The molecule has 23 heavy (non-hydrogen) atoms. The molecule has 0 radical (unpaired) electrons. The zero-order valence-electron chi connectivity index (χ0n) is 13.7. The maximum absolute atomic E-state index is 12.7. The SMILES string of the molecule is CCCNC(=O)CSc1nc2ncccc2c(=O)n1CC(C)C. The molecule has 6 nitrogen and oxygen atoms in total. The van der Waals surface area contributed by atoms with Gasteiger partial charge in [0, 0.05) is 19.3 Å². The van der Waals surface area contributed by atoms with Gasteiger partial charge in [-0.2, -0.15) is 0 Å². The van der Waals surface area contributed by atoms with E-state index in [9.17, 15) is 9.59 Å². The smallest absolute Gasteiger partial charge is 0.263 e. The Morgan fingerprint density at radius 1 is 1.43 bits per heavy atom. The summed E-state index contributed by atoms with van der Waals surface area (Å²) in [5, 5.41) is 3.87. The molecule has 1 N–H and O–H groups in total. The lowest BCUT2D eigenvalue weighted by Crippen LogP contribution is -2.28. The number of rotatable bonds is 7. The summed E-state index contributed by atoms with van der Waals surface area (Å²) in [5.74, 6) is 0.489. The Labute approximate surface area is 139 Å². The van der Waals surface area contributed by atoms with E-state index in [-0.39, 0.29) is 17.2 Å². The van der Waals surface area contributed by atoms with E-state index in [2.05, 4.69) is 15.3 Å². The molecule has 0 aliphatic heterocycles. The van der Waals surface area contributed by atoms with Crippen molar-refractivity contribution in [2.24, 2.45) is 5.92 Å². The number of amides is 1. The zero-order valence-corrected chi connectivity index (χ0v) is 14.5. The van der Waals surface area contributed by atoms with E-state index >= 15 is 0 Å². The molecular formula is C16H22N4O2S. The van der Waals surface area contributed by atoms with Crippen LogP contribution in [0.5, 0.6) is 0 Å². The number of nitrogens with zero attached hydrogens (tertiary/aromatic N) is 3. The first-order chi connectivity index (χ1) is 11.0. The van der Waals surface area contributed by atoms with Crippen molar-refractivity contribution in [3.63, 3.8) is 0 Å². The van der Waals surface area contributed by atoms with E-state index in [0.717, 1.165) is 6.42 Å². The van der Waals surface area contributed by atoms with Gasteiger partial charge in [-0.1, -0.05) is 32.5 Å². The number of fused-ring (bicyclic) bond motifs is 1. The minimum Gasteiger partial charge on any atom is -0.355 e. The van der Waals surface area contributed by atoms with Crippen molar-refractivity contribution in [1.82, 2.24) is 19.9 Å². The number of pyridine rings is 1. The minimum atomic E-state index is -0.103. The third kappa shape index (κ3) is 4.54. The quantitative estimate of drug-likeness (QED) is 0.619. The van der Waals surface area contributed by atoms with Crippen LogP contribution < -0.4 is 10.9 Å². The van der Waals surface area contributed by atoms with E-state index in [1.807, 2.05) is 20.8 Å². The largest absolute Gasteiger partial charge is 0.355 e. The monoisotopic (exact) mass is 334 g/mol. The van der Waals surface area contributed by atoms with Crippen LogP contribution in [0.2, 0.25) is 0 Å². The summed E-state index contributed by atoms with van der Waals surface area (Å²) in [6.45, 7) is 7.31. The van der Waals surface area contributed by atoms with E-state index in [1.165, 1.54) is 11.8 Å². The summed E-state index contributed by atoms with van der Waals surface area (Å²) < 4.78 is 1.65. The average Bonchev–Trinajstić information content (AvgIpc) is 2.53. The fraction of sp³-hybridized carbons (Fsp3) is 0.500. The topological polar surface area (TPSA) is 76.9 Å². The maximum Gasteiger partial charge on any atom is 0.263 e. The number of thioether (sulfide) groups is 1. The first-order valence-electron chi connectivity index (χ1n) is 7.78. The van der Waals surface area contributed by atoms with Crippen molar-refractivity contribution in [1.29, 1.82) is 0 Å². The summed E-state index contributed by atoms with van der Waals surface area (Å²) >= 11 is 1.28. The van der Waals surface area contributed by atoms with Crippen LogP contribution in [-0.4, -0.2) is 32.7 Å². The van der Waals surface area contributed by atoms with Gasteiger partial charge >= 0.3 is 0 Å². The predicted molar refractivity (Wildman–Crippen MR) is 92.7 cm³/mol. The van der Waals surface area contributed by atoms with Crippen LogP contribution in [0.4, 0.5) is 0 Å². The highest BCUT2D eigenvalue weighted by atomic mass is 32.2. The van der Waals surface area contributed by atoms with Crippen LogP contribution in [0.1, 0.15) is 27.2 Å². The highest BCUT2D eigenvalue weighted by Crippen LogP contribution is 2.17. The standard InChI is InChI=1S/C16H22N4O2S/c1-4-7-17-13(21)10-23-16-19-14-12(6-5-8-18-14)15(22)20(16)9-11(2)3/h5-6,8,11H,4,7,9-10H2,1-3H3,(H,17,21). The first kappa shape index (κ1) is 17.5. The molecule has 2 heterocycles. The van der Waals surface area contributed by atoms with E-state index in [4.69, 9.17) is 0 Å². The molecule has 0 atom stereocenters. The molecule has 2 aromatic rings. The van der Waals surface area contributed by atoms with Gasteiger partial charge in [-0.3, -0.25) is 14.2 Å². The fourth-order valence-corrected chi connectivity index (χ4v) is 2.94. The minimum absolute atomic E-state index is 0.0525. The number of nitrogens with one attached hydrogen (secondary N) is 1. The maximum atomic E-state index is 12.7. The van der Waals surface area contributed by atoms with Crippen molar-refractivity contribution < 1.29 is 4.79 Å². The Hall–Kier alpha value is -1.89. The number of carbonyl (C=O) groups excluding carboxylic acids is 1. The zero-order chi connectivity index (χ0) is 16.8. The number of aromatic nitrogens is 3. The van der Waals surface area contributed by atoms with Gasteiger partial charge in [-0.25, -0.2) is 9.97 Å². The molecule has 0 saturated carbocycles. The highest BCUT2D eigenvalue weighted by molar-refractivity contribution is 7.99. The molecule has 1 amide bonds. The highest BCUT2D eigenvalue weighted by Gasteiger charge is 2.14. The van der Waals surface area contributed by atoms with Crippen molar-refractivity contribution in [2.75, 3.05) is 12.3 Å². The van der Waals surface area contributed by atoms with Crippen LogP contribution in [0.25, 0.3) is 11.0 Å². The molecule has 0 unspecified atom stereocenters. The number of hydrogen-bond donors (Lipinski definition) is 1. The van der Waals surface area contributed by atoms with Gasteiger partial charge in [0.2, 0.25) is 5.91 Å². The summed E-state index contributed by atoms with van der Waals surface area (Å²) in [7, 11) is 0. The van der Waals surface area contributed by atoms with Crippen molar-refractivity contribution in [3.05, 3.63) is 28.7 Å². The van der Waals surface area contributed by atoms with Gasteiger partial charge in [-0.15, -0.1) is 0 Å². The third-order valence-corrected chi connectivity index (χ3v) is 4.12. The Morgan fingerprint density at radius 2 is 2.22 bits per heavy atom. The van der Waals surface area contributed by atoms with Crippen LogP contribution >= 0.6 is 11.8 Å². The molecule has 124 valence electrons. The molecular weight excluding hydrogens is 312 g/mol. The predicted octanol–water partition coefficient (Wildman–Crippen LogP) is 2.07. The number of carbonyl (C=O) groups is 1. The summed E-state index contributed by atoms with van der Waals surface area (Å²) in [4.78, 5) is 33.1. The lowest BCUT2D eigenvalue weighted by atomic mass is 10.2. The first-order valence-corrected chi connectivity index (χ1v) is 8.76. The molecule has 0 saturated heterocycles. The van der Waals surface area contributed by atoms with Crippen LogP contribution in [0.3, 0.4) is 0 Å². The van der Waals surface area contributed by atoms with E-state index in [1.54, 1.807) is 22.9 Å². The lowest BCUT2D eigenvalue weighted by Gasteiger charge is -2.14. The van der Waals surface area contributed by atoms with Gasteiger partial charge < -0.3 is 5.32 Å². The second kappa shape index (κ2) is 8.10. The number of hydrogen-bond acceptors (Lipinski definition) is 5. The van der Waals surface area contributed by atoms with Gasteiger partial charge in [0.15, 0.2) is 10.8 Å². The molecule has 2 aromatic heterocycles. The van der Waals surface area contributed by atoms with E-state index in [0.29, 0.717) is 35.2 Å². The Balaban J connectivity index is 2.32. The van der Waals surface area contributed by atoms with Crippen molar-refractivity contribution in [3.8, 4) is 0 Å². The molecule has 0 fully saturated rings. The normalized spacial score (nSPS) is 11.1. The van der Waals surface area contributed by atoms with Crippen molar-refractivity contribution >= 4 is 28.7 Å². The van der Waals surface area contributed by atoms with Gasteiger partial charge in [0.1, 0.15) is 0 Å². The Morgan fingerprint density at radius 3 is 2.91 bits per heavy atom. The van der Waals surface area contributed by atoms with Gasteiger partial charge in [-0.05, 0) is 24.5 Å². The molecule has 7 heteroatoms. The fourth-order valence-electron chi connectivity index (χ4n) is 2.12. The molecule has 0 spiro atoms. The molecule has 0 aliphatic rings. The summed E-state index contributed by atoms with van der Waals surface area (Å²) in [6.07, 6.45) is 2.51. The second-order valence-electron chi connectivity index (χ2n) is 5.72. The molecule has 0 aliphatic carbocycles. The lowest BCUT2D eigenvalue weighted by molar-refractivity contribution is -0.118. The van der Waals surface area contributed by atoms with E-state index < -0.39 is 0 Å². The van der Waals surface area contributed by atoms with Gasteiger partial charge in [0.25, 0.3) is 5.56 Å². The summed E-state index contributed by atoms with van der Waals surface area (Å²) in [5.41, 5.74) is 0.322. The molecule has 0 aromatic carbocycles. The molecule has 2 rings (SSSR count). The summed E-state index contributed by atoms with van der Waals surface area (Å²) in [6, 6.07) is 3.47. The van der Waals surface area contributed by atoms with Crippen molar-refractivity contribution in [2.45, 2.75) is 38.9 Å². The second-order valence-corrected chi connectivity index (χ2v) is 6.66.